The minimum Gasteiger partial charge on any atom is -0.465 e. The molecule has 12 heteroatoms. The fourth-order valence-corrected chi connectivity index (χ4v) is 6.80. The highest BCUT2D eigenvalue weighted by molar-refractivity contribution is 5.88. The molecule has 0 bridgehead atoms. The van der Waals surface area contributed by atoms with Gasteiger partial charge in [0.1, 0.15) is 12.1 Å². The minimum absolute atomic E-state index is 0.0820. The Morgan fingerprint density at radius 3 is 2.02 bits per heavy atom. The SMILES string of the molecule is CCC(C)[C@@H](C(=O)N[C@@H](Cc1ccccc1)C[C@H](O)[C@H](Cc1ccccc1)NC(=O)[C@@H](NC(=O)O)C(C)(C)C)N1CCN(Cc2ccc(C)nc2)C1=O. The molecule has 286 valence electrons. The summed E-state index contributed by atoms with van der Waals surface area (Å²) in [6.45, 7) is 12.4. The van der Waals surface area contributed by atoms with Gasteiger partial charge < -0.3 is 36.0 Å². The first-order valence-electron chi connectivity index (χ1n) is 18.5. The van der Waals surface area contributed by atoms with Crippen LogP contribution in [-0.4, -0.2) is 92.3 Å². The zero-order valence-electron chi connectivity index (χ0n) is 31.8. The summed E-state index contributed by atoms with van der Waals surface area (Å²) >= 11 is 0. The van der Waals surface area contributed by atoms with Gasteiger partial charge in [-0.2, -0.15) is 0 Å². The third-order valence-corrected chi connectivity index (χ3v) is 9.94. The van der Waals surface area contributed by atoms with Crippen LogP contribution in [0.1, 0.15) is 69.8 Å². The van der Waals surface area contributed by atoms with Gasteiger partial charge in [-0.3, -0.25) is 14.6 Å². The summed E-state index contributed by atoms with van der Waals surface area (Å²) in [6, 6.07) is 19.5. The lowest BCUT2D eigenvalue weighted by molar-refractivity contribution is -0.129. The molecule has 2 heterocycles. The number of hydrogen-bond acceptors (Lipinski definition) is 6. The van der Waals surface area contributed by atoms with Crippen molar-refractivity contribution in [3.8, 4) is 0 Å². The summed E-state index contributed by atoms with van der Waals surface area (Å²) in [7, 11) is 0. The van der Waals surface area contributed by atoms with E-state index in [0.29, 0.717) is 32.5 Å². The predicted molar refractivity (Wildman–Crippen MR) is 204 cm³/mol. The lowest BCUT2D eigenvalue weighted by Gasteiger charge is -2.35. The summed E-state index contributed by atoms with van der Waals surface area (Å²) in [5.74, 6) is -1.01. The Morgan fingerprint density at radius 1 is 0.849 bits per heavy atom. The van der Waals surface area contributed by atoms with Crippen LogP contribution in [0.15, 0.2) is 79.0 Å². The lowest BCUT2D eigenvalue weighted by Crippen LogP contribution is -2.58. The first-order valence-corrected chi connectivity index (χ1v) is 18.5. The van der Waals surface area contributed by atoms with Crippen LogP contribution in [0, 0.1) is 18.3 Å². The van der Waals surface area contributed by atoms with Crippen LogP contribution in [0.3, 0.4) is 0 Å². The molecule has 1 aromatic heterocycles. The van der Waals surface area contributed by atoms with Gasteiger partial charge in [0.2, 0.25) is 11.8 Å². The molecule has 1 aliphatic rings. The first kappa shape index (κ1) is 40.8. The van der Waals surface area contributed by atoms with E-state index >= 15 is 0 Å². The first-order chi connectivity index (χ1) is 25.2. The van der Waals surface area contributed by atoms with E-state index in [4.69, 9.17) is 0 Å². The van der Waals surface area contributed by atoms with Crippen molar-refractivity contribution in [2.45, 2.75) is 104 Å². The number of nitrogens with one attached hydrogen (secondary N) is 3. The maximum atomic E-state index is 14.4. The van der Waals surface area contributed by atoms with Crippen molar-refractivity contribution in [2.75, 3.05) is 13.1 Å². The van der Waals surface area contributed by atoms with E-state index < -0.39 is 47.7 Å². The van der Waals surface area contributed by atoms with Gasteiger partial charge in [0, 0.05) is 37.6 Å². The fourth-order valence-electron chi connectivity index (χ4n) is 6.80. The van der Waals surface area contributed by atoms with E-state index in [1.54, 1.807) is 36.8 Å². The van der Waals surface area contributed by atoms with Crippen molar-refractivity contribution >= 4 is 23.9 Å². The molecule has 4 rings (SSSR count). The zero-order chi connectivity index (χ0) is 38.7. The number of urea groups is 1. The Morgan fingerprint density at radius 2 is 1.47 bits per heavy atom. The van der Waals surface area contributed by atoms with Gasteiger partial charge >= 0.3 is 12.1 Å². The lowest BCUT2D eigenvalue weighted by atomic mass is 9.85. The van der Waals surface area contributed by atoms with Crippen molar-refractivity contribution < 1.29 is 29.4 Å². The highest BCUT2D eigenvalue weighted by atomic mass is 16.4. The number of rotatable bonds is 17. The molecule has 5 N–H and O–H groups in total. The van der Waals surface area contributed by atoms with Gasteiger partial charge in [-0.15, -0.1) is 0 Å². The van der Waals surface area contributed by atoms with Crippen LogP contribution in [0.4, 0.5) is 9.59 Å². The number of aromatic nitrogens is 1. The van der Waals surface area contributed by atoms with Crippen LogP contribution in [0.5, 0.6) is 0 Å². The van der Waals surface area contributed by atoms with Crippen LogP contribution >= 0.6 is 0 Å². The zero-order valence-corrected chi connectivity index (χ0v) is 31.8. The van der Waals surface area contributed by atoms with Gasteiger partial charge in [-0.05, 0) is 60.3 Å². The monoisotopic (exact) mass is 728 g/mol. The van der Waals surface area contributed by atoms with Crippen molar-refractivity contribution in [3.05, 3.63) is 101 Å². The van der Waals surface area contributed by atoms with Crippen LogP contribution in [0.2, 0.25) is 0 Å². The predicted octanol–water partition coefficient (Wildman–Crippen LogP) is 4.93. The molecular weight excluding hydrogens is 672 g/mol. The second kappa shape index (κ2) is 18.7. The highest BCUT2D eigenvalue weighted by Crippen LogP contribution is 2.24. The number of benzene rings is 2. The summed E-state index contributed by atoms with van der Waals surface area (Å²) in [4.78, 5) is 61.2. The fraction of sp³-hybridized carbons (Fsp3) is 0.488. The molecule has 0 aliphatic carbocycles. The van der Waals surface area contributed by atoms with E-state index in [0.717, 1.165) is 22.4 Å². The second-order valence-electron chi connectivity index (χ2n) is 15.3. The number of aliphatic hydroxyl groups excluding tert-OH is 1. The van der Waals surface area contributed by atoms with E-state index in [-0.39, 0.29) is 30.7 Å². The molecule has 1 saturated heterocycles. The smallest absolute Gasteiger partial charge is 0.405 e. The molecule has 6 atom stereocenters. The molecule has 1 fully saturated rings. The number of carbonyl (C=O) groups is 4. The van der Waals surface area contributed by atoms with Gasteiger partial charge in [0.15, 0.2) is 0 Å². The van der Waals surface area contributed by atoms with Gasteiger partial charge in [-0.25, -0.2) is 9.59 Å². The summed E-state index contributed by atoms with van der Waals surface area (Å²) in [6.07, 6.45) is 0.728. The van der Waals surface area contributed by atoms with E-state index in [2.05, 4.69) is 20.9 Å². The molecule has 3 aromatic rings. The van der Waals surface area contributed by atoms with Gasteiger partial charge in [0.25, 0.3) is 0 Å². The summed E-state index contributed by atoms with van der Waals surface area (Å²) < 4.78 is 0. The number of carbonyl (C=O) groups excluding carboxylic acids is 3. The number of aryl methyl sites for hydroxylation is 1. The normalized spacial score (nSPS) is 16.6. The standard InChI is InChI=1S/C41H56N6O6/c1-7-27(2)35(47-21-20-46(40(47)53)26-31-19-18-28(3)42-25-31)37(49)43-32(22-29-14-10-8-11-15-29)24-34(48)33(23-30-16-12-9-13-17-30)44-38(50)36(41(4,5)6)45-39(51)52/h8-19,25,27,32-36,45,48H,7,20-24,26H2,1-6H3,(H,43,49)(H,44,50)(H,51,52)/t27?,32-,33-,34-,35-,36+/m0/s1. The van der Waals surface area contributed by atoms with Gasteiger partial charge in [0.05, 0.1) is 12.1 Å². The van der Waals surface area contributed by atoms with Crippen LogP contribution in [-0.2, 0) is 29.0 Å². The average Bonchev–Trinajstić information content (AvgIpc) is 3.46. The maximum Gasteiger partial charge on any atom is 0.405 e. The van der Waals surface area contributed by atoms with Crippen LogP contribution in [0.25, 0.3) is 0 Å². The van der Waals surface area contributed by atoms with Crippen molar-refractivity contribution in [1.82, 2.24) is 30.7 Å². The van der Waals surface area contributed by atoms with Crippen molar-refractivity contribution in [2.24, 2.45) is 11.3 Å². The van der Waals surface area contributed by atoms with Gasteiger partial charge in [-0.1, -0.05) is 108 Å². The largest absolute Gasteiger partial charge is 0.465 e. The number of nitrogens with zero attached hydrogens (tertiary/aromatic N) is 3. The Bertz CT molecular complexity index is 1650. The Kier molecular flexibility index (Phi) is 14.4. The summed E-state index contributed by atoms with van der Waals surface area (Å²) in [5, 5.41) is 29.9. The molecular formula is C41H56N6O6. The number of pyridine rings is 1. The Hall–Kier alpha value is -4.97. The third kappa shape index (κ3) is 11.8. The number of carboxylic acid groups (broad SMARTS) is 1. The van der Waals surface area contributed by atoms with Crippen molar-refractivity contribution in [1.29, 1.82) is 0 Å². The molecule has 2 aromatic carbocycles. The number of hydrogen-bond donors (Lipinski definition) is 5. The molecule has 0 radical (unpaired) electrons. The molecule has 53 heavy (non-hydrogen) atoms. The number of amides is 5. The Labute approximate surface area is 313 Å². The van der Waals surface area contributed by atoms with E-state index in [9.17, 15) is 29.4 Å². The molecule has 5 amide bonds. The molecule has 12 nitrogen and oxygen atoms in total. The maximum absolute atomic E-state index is 14.4. The third-order valence-electron chi connectivity index (χ3n) is 9.94. The molecule has 1 unspecified atom stereocenters. The van der Waals surface area contributed by atoms with Crippen LogP contribution < -0.4 is 16.0 Å². The second-order valence-corrected chi connectivity index (χ2v) is 15.3. The topological polar surface area (TPSA) is 164 Å². The Balaban J connectivity index is 1.58. The quantitative estimate of drug-likeness (QED) is 0.132. The molecule has 0 saturated carbocycles. The van der Waals surface area contributed by atoms with Crippen molar-refractivity contribution in [3.63, 3.8) is 0 Å². The highest BCUT2D eigenvalue weighted by Gasteiger charge is 2.41. The van der Waals surface area contributed by atoms with E-state index in [1.165, 1.54) is 0 Å². The number of aliphatic hydroxyl groups is 1. The minimum atomic E-state index is -1.33. The van der Waals surface area contributed by atoms with E-state index in [1.807, 2.05) is 93.6 Å². The summed E-state index contributed by atoms with van der Waals surface area (Å²) in [5.41, 5.74) is 2.87. The average molecular weight is 729 g/mol. The molecule has 1 aliphatic heterocycles. The molecule has 0 spiro atoms.